The van der Waals surface area contributed by atoms with Gasteiger partial charge in [0.15, 0.2) is 0 Å². The van der Waals surface area contributed by atoms with Gasteiger partial charge >= 0.3 is 5.97 Å². The topological polar surface area (TPSA) is 62.4 Å². The number of nitrogens with zero attached hydrogens (tertiary/aromatic N) is 2. The van der Waals surface area contributed by atoms with Crippen molar-refractivity contribution in [2.24, 2.45) is 10.9 Å². The smallest absolute Gasteiger partial charge is 0.336 e. The molecule has 4 nitrogen and oxygen atoms in total. The molecule has 0 radical (unpaired) electrons. The van der Waals surface area contributed by atoms with Crippen LogP contribution < -0.4 is 0 Å². The highest BCUT2D eigenvalue weighted by Crippen LogP contribution is 2.41. The Morgan fingerprint density at radius 3 is 2.68 bits per heavy atom. The third kappa shape index (κ3) is 2.90. The largest absolute Gasteiger partial charge is 0.463 e. The van der Waals surface area contributed by atoms with Crippen molar-refractivity contribution in [2.75, 3.05) is 6.61 Å². The van der Waals surface area contributed by atoms with Crippen LogP contribution in [0.3, 0.4) is 0 Å². The van der Waals surface area contributed by atoms with Crippen molar-refractivity contribution >= 4 is 23.3 Å². The van der Waals surface area contributed by atoms with Crippen LogP contribution in [0.2, 0.25) is 5.02 Å². The van der Waals surface area contributed by atoms with Gasteiger partial charge in [0.2, 0.25) is 0 Å². The number of carbonyl (C=O) groups is 1. The maximum Gasteiger partial charge on any atom is 0.336 e. The molecule has 0 spiro atoms. The van der Waals surface area contributed by atoms with Gasteiger partial charge in [0.25, 0.3) is 0 Å². The highest BCUT2D eigenvalue weighted by molar-refractivity contribution is 6.31. The standard InChI is InChI=1S/C17H17ClN2O2/c1-4-22-17(21)15-11(3)20-10(2)13(9-19)16(15)12-7-5-6-8-14(12)18/h5-8,13,16H,4H2,1-3H3. The fourth-order valence-electron chi connectivity index (χ4n) is 2.74. The molecule has 0 fully saturated rings. The second-order valence-corrected chi connectivity index (χ2v) is 5.49. The summed E-state index contributed by atoms with van der Waals surface area (Å²) in [4.78, 5) is 16.7. The Labute approximate surface area is 135 Å². The molecule has 1 aromatic carbocycles. The first-order valence-electron chi connectivity index (χ1n) is 7.08. The van der Waals surface area contributed by atoms with Gasteiger partial charge in [-0.25, -0.2) is 4.79 Å². The summed E-state index contributed by atoms with van der Waals surface area (Å²) in [6, 6.07) is 9.50. The summed E-state index contributed by atoms with van der Waals surface area (Å²) in [6.45, 7) is 5.57. The second-order valence-electron chi connectivity index (χ2n) is 5.08. The van der Waals surface area contributed by atoms with E-state index in [4.69, 9.17) is 16.3 Å². The number of carbonyl (C=O) groups excluding carboxylic acids is 1. The zero-order valence-electron chi connectivity index (χ0n) is 12.8. The number of rotatable bonds is 3. The molecule has 0 saturated carbocycles. The number of allylic oxidation sites excluding steroid dienone is 1. The molecule has 0 aromatic heterocycles. The molecule has 2 unspecified atom stereocenters. The van der Waals surface area contributed by atoms with Crippen LogP contribution in [0.15, 0.2) is 40.5 Å². The molecule has 2 rings (SSSR count). The Hall–Kier alpha value is -2.12. The summed E-state index contributed by atoms with van der Waals surface area (Å²) >= 11 is 6.30. The summed E-state index contributed by atoms with van der Waals surface area (Å²) < 4.78 is 5.15. The van der Waals surface area contributed by atoms with Gasteiger partial charge in [-0.15, -0.1) is 0 Å². The predicted octanol–water partition coefficient (Wildman–Crippen LogP) is 3.87. The van der Waals surface area contributed by atoms with Gasteiger partial charge in [0.05, 0.1) is 24.2 Å². The molecule has 22 heavy (non-hydrogen) atoms. The van der Waals surface area contributed by atoms with E-state index >= 15 is 0 Å². The third-order valence-electron chi connectivity index (χ3n) is 3.70. The molecule has 0 N–H and O–H groups in total. The van der Waals surface area contributed by atoms with Crippen molar-refractivity contribution < 1.29 is 9.53 Å². The van der Waals surface area contributed by atoms with Crippen molar-refractivity contribution in [3.05, 3.63) is 46.1 Å². The molecular weight excluding hydrogens is 300 g/mol. The zero-order valence-corrected chi connectivity index (χ0v) is 13.5. The molecular formula is C17H17ClN2O2. The summed E-state index contributed by atoms with van der Waals surface area (Å²) in [5.41, 5.74) is 2.41. The van der Waals surface area contributed by atoms with Crippen molar-refractivity contribution in [3.63, 3.8) is 0 Å². The number of halogens is 1. The molecule has 5 heteroatoms. The van der Waals surface area contributed by atoms with Crippen molar-refractivity contribution in [1.82, 2.24) is 0 Å². The van der Waals surface area contributed by atoms with Gasteiger partial charge in [-0.3, -0.25) is 4.99 Å². The molecule has 114 valence electrons. The molecule has 2 atom stereocenters. The van der Waals surface area contributed by atoms with E-state index in [0.29, 0.717) is 22.0 Å². The van der Waals surface area contributed by atoms with Gasteiger partial charge in [-0.05, 0) is 32.4 Å². The van der Waals surface area contributed by atoms with E-state index in [0.717, 1.165) is 5.56 Å². The van der Waals surface area contributed by atoms with Gasteiger partial charge in [-0.1, -0.05) is 29.8 Å². The lowest BCUT2D eigenvalue weighted by Gasteiger charge is -2.29. The Kier molecular flexibility index (Phi) is 4.99. The first kappa shape index (κ1) is 16.3. The van der Waals surface area contributed by atoms with Crippen LogP contribution in [0.4, 0.5) is 0 Å². The van der Waals surface area contributed by atoms with Gasteiger partial charge < -0.3 is 4.74 Å². The van der Waals surface area contributed by atoms with E-state index < -0.39 is 17.8 Å². The van der Waals surface area contributed by atoms with Crippen molar-refractivity contribution in [3.8, 4) is 6.07 Å². The molecule has 0 aliphatic carbocycles. The Morgan fingerprint density at radius 2 is 2.09 bits per heavy atom. The average molecular weight is 317 g/mol. The van der Waals surface area contributed by atoms with Crippen LogP contribution in [-0.4, -0.2) is 18.3 Å². The summed E-state index contributed by atoms with van der Waals surface area (Å²) in [6.07, 6.45) is 0. The van der Waals surface area contributed by atoms with Crippen LogP contribution in [0.25, 0.3) is 0 Å². The number of ether oxygens (including phenoxy) is 1. The zero-order chi connectivity index (χ0) is 16.3. The summed E-state index contributed by atoms with van der Waals surface area (Å²) in [5.74, 6) is -1.44. The van der Waals surface area contributed by atoms with E-state index in [1.807, 2.05) is 18.2 Å². The lowest BCUT2D eigenvalue weighted by molar-refractivity contribution is -0.139. The average Bonchev–Trinajstić information content (AvgIpc) is 2.47. The maximum atomic E-state index is 12.4. The number of hydrogen-bond donors (Lipinski definition) is 0. The Balaban J connectivity index is 2.64. The number of esters is 1. The highest BCUT2D eigenvalue weighted by atomic mass is 35.5. The molecule has 1 heterocycles. The molecule has 0 saturated heterocycles. The van der Waals surface area contributed by atoms with Gasteiger partial charge in [0.1, 0.15) is 0 Å². The Morgan fingerprint density at radius 1 is 1.41 bits per heavy atom. The highest BCUT2D eigenvalue weighted by Gasteiger charge is 2.38. The number of aliphatic imine (C=N–C) groups is 1. The van der Waals surface area contributed by atoms with E-state index in [2.05, 4.69) is 11.1 Å². The van der Waals surface area contributed by atoms with Crippen LogP contribution in [-0.2, 0) is 9.53 Å². The van der Waals surface area contributed by atoms with Crippen molar-refractivity contribution in [1.29, 1.82) is 5.26 Å². The Bertz CT molecular complexity index is 701. The van der Waals surface area contributed by atoms with Gasteiger partial charge in [0, 0.05) is 22.3 Å². The monoisotopic (exact) mass is 316 g/mol. The van der Waals surface area contributed by atoms with E-state index in [1.54, 1.807) is 26.8 Å². The molecule has 1 aliphatic rings. The van der Waals surface area contributed by atoms with Crippen LogP contribution in [0, 0.1) is 17.2 Å². The van der Waals surface area contributed by atoms with Crippen molar-refractivity contribution in [2.45, 2.75) is 26.7 Å². The fourth-order valence-corrected chi connectivity index (χ4v) is 2.99. The quantitative estimate of drug-likeness (QED) is 0.795. The first-order valence-corrected chi connectivity index (χ1v) is 7.46. The minimum absolute atomic E-state index is 0.269. The van der Waals surface area contributed by atoms with Gasteiger partial charge in [-0.2, -0.15) is 5.26 Å². The number of nitriles is 1. The van der Waals surface area contributed by atoms with Crippen LogP contribution in [0.1, 0.15) is 32.3 Å². The third-order valence-corrected chi connectivity index (χ3v) is 4.05. The normalized spacial score (nSPS) is 21.1. The lowest BCUT2D eigenvalue weighted by Crippen LogP contribution is -2.29. The summed E-state index contributed by atoms with van der Waals surface area (Å²) in [5, 5.41) is 10.1. The predicted molar refractivity (Wildman–Crippen MR) is 85.7 cm³/mol. The molecule has 1 aliphatic heterocycles. The molecule has 1 aromatic rings. The maximum absolute atomic E-state index is 12.4. The minimum Gasteiger partial charge on any atom is -0.463 e. The second kappa shape index (κ2) is 6.76. The number of hydrogen-bond acceptors (Lipinski definition) is 4. The van der Waals surface area contributed by atoms with E-state index in [1.165, 1.54) is 0 Å². The van der Waals surface area contributed by atoms with Crippen LogP contribution in [0.5, 0.6) is 0 Å². The fraction of sp³-hybridized carbons (Fsp3) is 0.353. The van der Waals surface area contributed by atoms with E-state index in [-0.39, 0.29) is 6.61 Å². The SMILES string of the molecule is CCOC(=O)C1=C(C)N=C(C)C(C#N)C1c1ccccc1Cl. The lowest BCUT2D eigenvalue weighted by atomic mass is 9.76. The molecule has 0 bridgehead atoms. The minimum atomic E-state index is -0.539. The first-order chi connectivity index (χ1) is 10.5. The van der Waals surface area contributed by atoms with Crippen LogP contribution >= 0.6 is 11.6 Å². The molecule has 0 amide bonds. The number of benzene rings is 1. The van der Waals surface area contributed by atoms with E-state index in [9.17, 15) is 10.1 Å². The summed E-state index contributed by atoms with van der Waals surface area (Å²) in [7, 11) is 0.